The Hall–Kier alpha value is -2.24. The third kappa shape index (κ3) is 8.33. The number of nitrogens with one attached hydrogen (secondary N) is 1. The summed E-state index contributed by atoms with van der Waals surface area (Å²) in [6.07, 6.45) is 2.10. The van der Waals surface area contributed by atoms with Crippen LogP contribution in [-0.4, -0.2) is 75.0 Å². The van der Waals surface area contributed by atoms with Gasteiger partial charge in [0.15, 0.2) is 5.96 Å². The van der Waals surface area contributed by atoms with Gasteiger partial charge in [-0.25, -0.2) is 0 Å². The van der Waals surface area contributed by atoms with Crippen molar-refractivity contribution in [1.82, 2.24) is 15.1 Å². The topological polar surface area (TPSA) is 51.2 Å². The van der Waals surface area contributed by atoms with Gasteiger partial charge in [0.05, 0.1) is 6.54 Å². The molecule has 0 heterocycles. The summed E-state index contributed by atoms with van der Waals surface area (Å²) >= 11 is 0. The second-order valence-electron chi connectivity index (χ2n) is 6.62. The second kappa shape index (κ2) is 13.0. The van der Waals surface area contributed by atoms with Crippen molar-refractivity contribution < 1.29 is 4.79 Å². The van der Waals surface area contributed by atoms with E-state index in [1.807, 2.05) is 43.7 Å². The Labute approximate surface area is 165 Å². The van der Waals surface area contributed by atoms with Gasteiger partial charge in [0, 0.05) is 52.5 Å². The summed E-state index contributed by atoms with van der Waals surface area (Å²) in [6, 6.07) is 10.4. The number of carbonyl (C=O) groups excluding carboxylic acids is 1. The molecule has 0 aliphatic carbocycles. The molecule has 0 aromatic heterocycles. The van der Waals surface area contributed by atoms with Gasteiger partial charge in [-0.3, -0.25) is 9.79 Å². The lowest BCUT2D eigenvalue weighted by molar-refractivity contribution is -0.131. The van der Waals surface area contributed by atoms with Gasteiger partial charge in [0.25, 0.3) is 0 Å². The number of hydrogen-bond acceptors (Lipinski definition) is 3. The van der Waals surface area contributed by atoms with Crippen LogP contribution < -0.4 is 10.2 Å². The fraction of sp³-hybridized carbons (Fsp3) is 0.619. The predicted octanol–water partition coefficient (Wildman–Crippen LogP) is 2.67. The van der Waals surface area contributed by atoms with Gasteiger partial charge in [0.2, 0.25) is 5.91 Å². The zero-order chi connectivity index (χ0) is 20.1. The molecule has 0 aliphatic heterocycles. The number of rotatable bonds is 11. The van der Waals surface area contributed by atoms with Crippen LogP contribution in [0.15, 0.2) is 35.3 Å². The maximum Gasteiger partial charge on any atom is 0.242 e. The fourth-order valence-electron chi connectivity index (χ4n) is 2.88. The van der Waals surface area contributed by atoms with Gasteiger partial charge in [-0.15, -0.1) is 0 Å². The molecular weight excluding hydrogens is 338 g/mol. The quantitative estimate of drug-likeness (QED) is 0.367. The zero-order valence-corrected chi connectivity index (χ0v) is 17.7. The number of likely N-dealkylation sites (N-methyl/N-ethyl adjacent to an activating group) is 2. The fourth-order valence-corrected chi connectivity index (χ4v) is 2.88. The maximum atomic E-state index is 12.3. The number of anilines is 1. The largest absolute Gasteiger partial charge is 0.375 e. The molecule has 1 rings (SSSR count). The van der Waals surface area contributed by atoms with Gasteiger partial charge < -0.3 is 20.0 Å². The van der Waals surface area contributed by atoms with Crippen LogP contribution in [0.2, 0.25) is 0 Å². The number of benzene rings is 1. The molecule has 27 heavy (non-hydrogen) atoms. The second-order valence-corrected chi connectivity index (χ2v) is 6.62. The Morgan fingerprint density at radius 3 is 2.30 bits per heavy atom. The molecule has 0 saturated carbocycles. The molecular formula is C21H37N5O. The number of nitrogens with zero attached hydrogens (tertiary/aromatic N) is 4. The van der Waals surface area contributed by atoms with Crippen LogP contribution in [0.1, 0.15) is 33.6 Å². The summed E-state index contributed by atoms with van der Waals surface area (Å²) < 4.78 is 0. The Balaban J connectivity index is 2.45. The van der Waals surface area contributed by atoms with Crippen LogP contribution in [0.25, 0.3) is 0 Å². The Morgan fingerprint density at radius 2 is 1.70 bits per heavy atom. The number of carbonyl (C=O) groups is 1. The van der Waals surface area contributed by atoms with Crippen molar-refractivity contribution in [1.29, 1.82) is 0 Å². The van der Waals surface area contributed by atoms with E-state index in [1.54, 1.807) is 0 Å². The highest BCUT2D eigenvalue weighted by molar-refractivity contribution is 5.86. The molecule has 6 heteroatoms. The third-order valence-corrected chi connectivity index (χ3v) is 4.55. The van der Waals surface area contributed by atoms with Crippen LogP contribution in [0.4, 0.5) is 5.69 Å². The summed E-state index contributed by atoms with van der Waals surface area (Å²) in [7, 11) is 4.04. The lowest BCUT2D eigenvalue weighted by atomic mass is 10.2. The Morgan fingerprint density at radius 1 is 1.04 bits per heavy atom. The van der Waals surface area contributed by atoms with Crippen molar-refractivity contribution in [2.75, 3.05) is 58.3 Å². The van der Waals surface area contributed by atoms with Gasteiger partial charge in [-0.1, -0.05) is 18.2 Å². The maximum absolute atomic E-state index is 12.3. The third-order valence-electron chi connectivity index (χ3n) is 4.55. The van der Waals surface area contributed by atoms with E-state index in [0.717, 1.165) is 51.5 Å². The SMILES string of the molecule is CCNC(=NCCCCN(C)c1ccccc1)N(C)CC(=O)N(CC)CC. The molecule has 1 N–H and O–H groups in total. The number of aliphatic imine (C=N–C) groups is 1. The first-order chi connectivity index (χ1) is 13.0. The normalized spacial score (nSPS) is 11.2. The van der Waals surface area contributed by atoms with Gasteiger partial charge in [0.1, 0.15) is 0 Å². The van der Waals surface area contributed by atoms with E-state index < -0.39 is 0 Å². The van der Waals surface area contributed by atoms with Crippen LogP contribution in [0.5, 0.6) is 0 Å². The highest BCUT2D eigenvalue weighted by Gasteiger charge is 2.14. The molecule has 0 bridgehead atoms. The van der Waals surface area contributed by atoms with Crippen LogP contribution in [-0.2, 0) is 4.79 Å². The van der Waals surface area contributed by atoms with E-state index in [4.69, 9.17) is 0 Å². The standard InChI is InChI=1S/C21H37N5O/c1-6-22-21(25(5)18-20(27)26(7-2)8-3)23-16-12-13-17-24(4)19-14-10-9-11-15-19/h9-11,14-15H,6-8,12-13,16-18H2,1-5H3,(H,22,23). The van der Waals surface area contributed by atoms with Crippen molar-refractivity contribution in [2.24, 2.45) is 4.99 Å². The number of hydrogen-bond donors (Lipinski definition) is 1. The van der Waals surface area contributed by atoms with Crippen molar-refractivity contribution in [3.63, 3.8) is 0 Å². The minimum Gasteiger partial charge on any atom is -0.375 e. The number of guanidine groups is 1. The zero-order valence-electron chi connectivity index (χ0n) is 17.7. The minimum absolute atomic E-state index is 0.137. The smallest absolute Gasteiger partial charge is 0.242 e. The molecule has 1 amide bonds. The van der Waals surface area contributed by atoms with Crippen LogP contribution in [0.3, 0.4) is 0 Å². The van der Waals surface area contributed by atoms with E-state index in [1.165, 1.54) is 5.69 Å². The monoisotopic (exact) mass is 375 g/mol. The first-order valence-corrected chi connectivity index (χ1v) is 10.1. The number of unbranched alkanes of at least 4 members (excludes halogenated alkanes) is 1. The molecule has 0 atom stereocenters. The summed E-state index contributed by atoms with van der Waals surface area (Å²) in [6.45, 7) is 10.5. The molecule has 152 valence electrons. The first-order valence-electron chi connectivity index (χ1n) is 10.1. The van der Waals surface area contributed by atoms with E-state index in [9.17, 15) is 4.79 Å². The molecule has 0 spiro atoms. The lowest BCUT2D eigenvalue weighted by Crippen LogP contribution is -2.45. The van der Waals surface area contributed by atoms with Crippen molar-refractivity contribution >= 4 is 17.6 Å². The molecule has 0 fully saturated rings. The van der Waals surface area contributed by atoms with E-state index >= 15 is 0 Å². The van der Waals surface area contributed by atoms with Crippen LogP contribution >= 0.6 is 0 Å². The minimum atomic E-state index is 0.137. The molecule has 0 radical (unpaired) electrons. The Bertz CT molecular complexity index is 557. The summed E-state index contributed by atoms with van der Waals surface area (Å²) in [5.74, 6) is 0.937. The highest BCUT2D eigenvalue weighted by Crippen LogP contribution is 2.11. The number of para-hydroxylation sites is 1. The average molecular weight is 376 g/mol. The molecule has 6 nitrogen and oxygen atoms in total. The van der Waals surface area contributed by atoms with Crippen molar-refractivity contribution in [3.05, 3.63) is 30.3 Å². The predicted molar refractivity (Wildman–Crippen MR) is 115 cm³/mol. The van der Waals surface area contributed by atoms with Crippen molar-refractivity contribution in [2.45, 2.75) is 33.6 Å². The van der Waals surface area contributed by atoms with E-state index in [-0.39, 0.29) is 5.91 Å². The van der Waals surface area contributed by atoms with Crippen LogP contribution in [0, 0.1) is 0 Å². The van der Waals surface area contributed by atoms with E-state index in [2.05, 4.69) is 46.5 Å². The number of amides is 1. The summed E-state index contributed by atoms with van der Waals surface area (Å²) in [4.78, 5) is 23.0. The van der Waals surface area contributed by atoms with E-state index in [0.29, 0.717) is 6.54 Å². The summed E-state index contributed by atoms with van der Waals surface area (Å²) in [5.41, 5.74) is 1.24. The average Bonchev–Trinajstić information content (AvgIpc) is 2.68. The molecule has 0 aliphatic rings. The summed E-state index contributed by atoms with van der Waals surface area (Å²) in [5, 5.41) is 3.28. The molecule has 0 unspecified atom stereocenters. The van der Waals surface area contributed by atoms with Gasteiger partial charge in [-0.05, 0) is 45.7 Å². The Kier molecular flexibility index (Phi) is 11.0. The molecule has 0 saturated heterocycles. The highest BCUT2D eigenvalue weighted by atomic mass is 16.2. The van der Waals surface area contributed by atoms with Crippen molar-refractivity contribution in [3.8, 4) is 0 Å². The lowest BCUT2D eigenvalue weighted by Gasteiger charge is -2.25. The molecule has 1 aromatic rings. The first kappa shape index (κ1) is 22.8. The molecule has 1 aromatic carbocycles. The van der Waals surface area contributed by atoms with Gasteiger partial charge >= 0.3 is 0 Å². The van der Waals surface area contributed by atoms with Gasteiger partial charge in [-0.2, -0.15) is 0 Å².